The smallest absolute Gasteiger partial charge is 0.339 e. The van der Waals surface area contributed by atoms with Gasteiger partial charge in [0.2, 0.25) is 0 Å². The number of benzene rings is 1. The molecule has 0 spiro atoms. The van der Waals surface area contributed by atoms with Gasteiger partial charge in [-0.25, -0.2) is 9.59 Å². The molecule has 0 bridgehead atoms. The summed E-state index contributed by atoms with van der Waals surface area (Å²) in [6.45, 7) is 4.19. The minimum atomic E-state index is -1.22. The maximum Gasteiger partial charge on any atom is 0.339 e. The van der Waals surface area contributed by atoms with Gasteiger partial charge in [0.15, 0.2) is 0 Å². The van der Waals surface area contributed by atoms with E-state index in [1.165, 1.54) is 23.1 Å². The van der Waals surface area contributed by atoms with Gasteiger partial charge in [0.1, 0.15) is 11.3 Å². The summed E-state index contributed by atoms with van der Waals surface area (Å²) in [6, 6.07) is 3.55. The Balaban J connectivity index is 2.64. The molecule has 0 fully saturated rings. The van der Waals surface area contributed by atoms with Crippen LogP contribution in [0.5, 0.6) is 5.75 Å². The molecule has 3 N–H and O–H groups in total. The van der Waals surface area contributed by atoms with E-state index in [1.54, 1.807) is 13.1 Å². The molecule has 108 valence electrons. The molecule has 1 rings (SSSR count). The topological polar surface area (TPSA) is 89.9 Å². The number of aromatic hydroxyl groups is 1. The Morgan fingerprint density at radius 2 is 2.15 bits per heavy atom. The maximum atomic E-state index is 11.8. The number of nitrogens with one attached hydrogen (secondary N) is 1. The number of unbranched alkanes of at least 4 members (excludes halogenated alkanes) is 1. The first-order valence-electron chi connectivity index (χ1n) is 6.15. The van der Waals surface area contributed by atoms with Crippen LogP contribution in [0.25, 0.3) is 0 Å². The summed E-state index contributed by atoms with van der Waals surface area (Å²) in [7, 11) is 1.66. The highest BCUT2D eigenvalue weighted by Crippen LogP contribution is 2.22. The zero-order valence-electron chi connectivity index (χ0n) is 11.3. The number of carboxylic acid groups (broad SMARTS) is 1. The first-order chi connectivity index (χ1) is 9.45. The molecule has 0 heterocycles. The Kier molecular flexibility index (Phi) is 5.58. The third kappa shape index (κ3) is 4.31. The van der Waals surface area contributed by atoms with Crippen LogP contribution < -0.4 is 5.32 Å². The number of carboxylic acids is 1. The van der Waals surface area contributed by atoms with E-state index in [0.717, 1.165) is 12.8 Å². The molecule has 1 aromatic rings. The van der Waals surface area contributed by atoms with Crippen molar-refractivity contribution in [3.8, 4) is 5.75 Å². The van der Waals surface area contributed by atoms with Crippen molar-refractivity contribution < 1.29 is 19.8 Å². The maximum absolute atomic E-state index is 11.8. The van der Waals surface area contributed by atoms with Gasteiger partial charge in [-0.2, -0.15) is 0 Å². The molecule has 20 heavy (non-hydrogen) atoms. The van der Waals surface area contributed by atoms with Gasteiger partial charge in [0, 0.05) is 25.3 Å². The van der Waals surface area contributed by atoms with Crippen LogP contribution in [0, 0.1) is 0 Å². The fourth-order valence-corrected chi connectivity index (χ4v) is 1.58. The molecule has 2 amide bonds. The fourth-order valence-electron chi connectivity index (χ4n) is 1.58. The van der Waals surface area contributed by atoms with Crippen molar-refractivity contribution in [2.45, 2.75) is 12.8 Å². The van der Waals surface area contributed by atoms with Crippen molar-refractivity contribution in [1.29, 1.82) is 0 Å². The molecule has 0 saturated heterocycles. The summed E-state index contributed by atoms with van der Waals surface area (Å²) in [5.74, 6) is -1.61. The molecule has 0 aliphatic rings. The quantitative estimate of drug-likeness (QED) is 0.551. The number of anilines is 1. The van der Waals surface area contributed by atoms with E-state index >= 15 is 0 Å². The van der Waals surface area contributed by atoms with Crippen LogP contribution in [-0.4, -0.2) is 40.7 Å². The number of carbonyl (C=O) groups is 2. The number of amides is 2. The first kappa shape index (κ1) is 15.6. The van der Waals surface area contributed by atoms with E-state index < -0.39 is 5.97 Å². The van der Waals surface area contributed by atoms with Gasteiger partial charge in [0.25, 0.3) is 0 Å². The van der Waals surface area contributed by atoms with Gasteiger partial charge in [-0.1, -0.05) is 6.08 Å². The fraction of sp³-hybridized carbons (Fsp3) is 0.286. The number of urea groups is 1. The van der Waals surface area contributed by atoms with Gasteiger partial charge in [-0.05, 0) is 25.0 Å². The predicted molar refractivity (Wildman–Crippen MR) is 76.1 cm³/mol. The highest BCUT2D eigenvalue weighted by atomic mass is 16.4. The molecular formula is C14H18N2O4. The van der Waals surface area contributed by atoms with Crippen LogP contribution in [0.4, 0.5) is 10.5 Å². The molecule has 0 unspecified atom stereocenters. The normalized spacial score (nSPS) is 9.85. The Labute approximate surface area is 117 Å². The van der Waals surface area contributed by atoms with Gasteiger partial charge >= 0.3 is 12.0 Å². The van der Waals surface area contributed by atoms with Crippen molar-refractivity contribution in [2.24, 2.45) is 0 Å². The van der Waals surface area contributed by atoms with Crippen LogP contribution in [0.1, 0.15) is 23.2 Å². The van der Waals surface area contributed by atoms with E-state index in [-0.39, 0.29) is 17.3 Å². The average Bonchev–Trinajstić information content (AvgIpc) is 2.38. The number of aromatic carboxylic acids is 1. The van der Waals surface area contributed by atoms with Crippen molar-refractivity contribution in [2.75, 3.05) is 18.9 Å². The van der Waals surface area contributed by atoms with Crippen LogP contribution in [0.2, 0.25) is 0 Å². The van der Waals surface area contributed by atoms with Crippen LogP contribution in [0.3, 0.4) is 0 Å². The number of carbonyl (C=O) groups excluding carboxylic acids is 1. The summed E-state index contributed by atoms with van der Waals surface area (Å²) in [5, 5.41) is 20.9. The number of rotatable bonds is 6. The average molecular weight is 278 g/mol. The van der Waals surface area contributed by atoms with Crippen LogP contribution in [-0.2, 0) is 0 Å². The number of allylic oxidation sites excluding steroid dienone is 1. The molecule has 0 aromatic heterocycles. The minimum Gasteiger partial charge on any atom is -0.507 e. The molecule has 1 aromatic carbocycles. The number of nitrogens with zero attached hydrogens (tertiary/aromatic N) is 1. The van der Waals surface area contributed by atoms with Gasteiger partial charge in [-0.15, -0.1) is 6.58 Å². The third-order valence-corrected chi connectivity index (χ3v) is 2.73. The lowest BCUT2D eigenvalue weighted by Crippen LogP contribution is -2.32. The molecule has 0 saturated carbocycles. The zero-order chi connectivity index (χ0) is 15.1. The Bertz CT molecular complexity index is 514. The van der Waals surface area contributed by atoms with Gasteiger partial charge < -0.3 is 20.4 Å². The van der Waals surface area contributed by atoms with E-state index in [4.69, 9.17) is 5.11 Å². The van der Waals surface area contributed by atoms with E-state index in [9.17, 15) is 14.7 Å². The second kappa shape index (κ2) is 7.18. The summed E-state index contributed by atoms with van der Waals surface area (Å²) in [6.07, 6.45) is 3.43. The van der Waals surface area contributed by atoms with E-state index in [1.807, 2.05) is 0 Å². The summed E-state index contributed by atoms with van der Waals surface area (Å²) in [4.78, 5) is 24.1. The summed E-state index contributed by atoms with van der Waals surface area (Å²) < 4.78 is 0. The summed E-state index contributed by atoms with van der Waals surface area (Å²) >= 11 is 0. The lowest BCUT2D eigenvalue weighted by atomic mass is 10.2. The van der Waals surface area contributed by atoms with Gasteiger partial charge in [0.05, 0.1) is 0 Å². The molecule has 0 aliphatic heterocycles. The second-order valence-corrected chi connectivity index (χ2v) is 4.32. The van der Waals surface area contributed by atoms with Crippen molar-refractivity contribution in [1.82, 2.24) is 4.90 Å². The molecule has 0 aliphatic carbocycles. The number of hydrogen-bond acceptors (Lipinski definition) is 3. The van der Waals surface area contributed by atoms with Crippen molar-refractivity contribution >= 4 is 17.7 Å². The SMILES string of the molecule is C=CCCCN(C)C(=O)Nc1ccc(C(=O)O)c(O)c1. The Morgan fingerprint density at radius 1 is 1.45 bits per heavy atom. The number of hydrogen-bond donors (Lipinski definition) is 3. The second-order valence-electron chi connectivity index (χ2n) is 4.32. The molecular weight excluding hydrogens is 260 g/mol. The van der Waals surface area contributed by atoms with Crippen LogP contribution >= 0.6 is 0 Å². The predicted octanol–water partition coefficient (Wildman–Crippen LogP) is 2.52. The lowest BCUT2D eigenvalue weighted by Gasteiger charge is -2.17. The lowest BCUT2D eigenvalue weighted by molar-refractivity contribution is 0.0694. The van der Waals surface area contributed by atoms with Crippen molar-refractivity contribution in [3.05, 3.63) is 36.4 Å². The first-order valence-corrected chi connectivity index (χ1v) is 6.15. The summed E-state index contributed by atoms with van der Waals surface area (Å²) in [5.41, 5.74) is 0.135. The monoisotopic (exact) mass is 278 g/mol. The highest BCUT2D eigenvalue weighted by Gasteiger charge is 2.12. The molecule has 6 nitrogen and oxygen atoms in total. The molecule has 6 heteroatoms. The number of phenols is 1. The third-order valence-electron chi connectivity index (χ3n) is 2.73. The largest absolute Gasteiger partial charge is 0.507 e. The minimum absolute atomic E-state index is 0.206. The van der Waals surface area contributed by atoms with E-state index in [2.05, 4.69) is 11.9 Å². The Morgan fingerprint density at radius 3 is 2.70 bits per heavy atom. The zero-order valence-corrected chi connectivity index (χ0v) is 11.3. The van der Waals surface area contributed by atoms with E-state index in [0.29, 0.717) is 12.2 Å². The Hall–Kier alpha value is -2.50. The molecule has 0 radical (unpaired) electrons. The van der Waals surface area contributed by atoms with Crippen molar-refractivity contribution in [3.63, 3.8) is 0 Å². The standard InChI is InChI=1S/C14H18N2O4/c1-3-4-5-8-16(2)14(20)15-10-6-7-11(13(18)19)12(17)9-10/h3,6-7,9,17H,1,4-5,8H2,2H3,(H,15,20)(H,18,19). The van der Waals surface area contributed by atoms with Crippen LogP contribution in [0.15, 0.2) is 30.9 Å². The van der Waals surface area contributed by atoms with Gasteiger partial charge in [-0.3, -0.25) is 0 Å². The molecule has 0 atom stereocenters. The highest BCUT2D eigenvalue weighted by molar-refractivity contribution is 5.93.